The van der Waals surface area contributed by atoms with Crippen molar-refractivity contribution in [3.05, 3.63) is 35.2 Å². The molecular formula is C16H20N4O4. The summed E-state index contributed by atoms with van der Waals surface area (Å²) < 4.78 is 6.81. The minimum atomic E-state index is -1.12. The van der Waals surface area contributed by atoms with E-state index >= 15 is 0 Å². The lowest BCUT2D eigenvalue weighted by Crippen LogP contribution is -2.22. The summed E-state index contributed by atoms with van der Waals surface area (Å²) in [6.07, 6.45) is 1.25. The van der Waals surface area contributed by atoms with Gasteiger partial charge in [-0.15, -0.1) is 5.10 Å². The molecule has 0 aliphatic heterocycles. The first-order chi connectivity index (χ1) is 11.5. The van der Waals surface area contributed by atoms with Gasteiger partial charge >= 0.3 is 5.97 Å². The summed E-state index contributed by atoms with van der Waals surface area (Å²) in [5, 5.41) is 19.7. The molecule has 0 unspecified atom stereocenters. The van der Waals surface area contributed by atoms with Crippen molar-refractivity contribution in [2.45, 2.75) is 26.7 Å². The molecular weight excluding hydrogens is 312 g/mol. The zero-order chi connectivity index (χ0) is 17.7. The highest BCUT2D eigenvalue weighted by Gasteiger charge is 2.21. The lowest BCUT2D eigenvalue weighted by atomic mass is 10.1. The van der Waals surface area contributed by atoms with Crippen molar-refractivity contribution >= 4 is 11.9 Å². The van der Waals surface area contributed by atoms with Crippen LogP contribution in [0.15, 0.2) is 18.2 Å². The molecule has 2 rings (SSSR count). The fourth-order valence-electron chi connectivity index (χ4n) is 2.38. The minimum Gasteiger partial charge on any atom is -0.494 e. The predicted octanol–water partition coefficient (Wildman–Crippen LogP) is 1.68. The number of carbonyl (C=O) groups is 2. The van der Waals surface area contributed by atoms with Crippen LogP contribution in [-0.2, 0) is 6.42 Å². The third-order valence-corrected chi connectivity index (χ3v) is 3.46. The van der Waals surface area contributed by atoms with Crippen molar-refractivity contribution in [3.8, 4) is 11.4 Å². The third-order valence-electron chi connectivity index (χ3n) is 3.46. The highest BCUT2D eigenvalue weighted by atomic mass is 16.5. The van der Waals surface area contributed by atoms with Gasteiger partial charge in [0.25, 0.3) is 5.91 Å². The quantitative estimate of drug-likeness (QED) is 0.799. The van der Waals surface area contributed by atoms with Crippen molar-refractivity contribution in [3.63, 3.8) is 0 Å². The number of nitrogens with one attached hydrogen (secondary N) is 1. The van der Waals surface area contributed by atoms with Gasteiger partial charge in [-0.05, 0) is 31.5 Å². The zero-order valence-corrected chi connectivity index (χ0v) is 13.9. The summed E-state index contributed by atoms with van der Waals surface area (Å²) in [5.41, 5.74) is 1.41. The average Bonchev–Trinajstić information content (AvgIpc) is 2.98. The highest BCUT2D eigenvalue weighted by Crippen LogP contribution is 2.26. The van der Waals surface area contributed by atoms with Gasteiger partial charge in [-0.25, -0.2) is 9.48 Å². The molecule has 0 fully saturated rings. The molecule has 128 valence electrons. The van der Waals surface area contributed by atoms with Gasteiger partial charge in [0.15, 0.2) is 5.69 Å². The molecule has 0 bridgehead atoms. The molecule has 0 aliphatic carbocycles. The number of aromatic carboxylic acids is 1. The molecule has 0 spiro atoms. The second-order valence-corrected chi connectivity index (χ2v) is 5.10. The number of carboxylic acids is 1. The van der Waals surface area contributed by atoms with Crippen LogP contribution in [-0.4, -0.2) is 45.6 Å². The monoisotopic (exact) mass is 332 g/mol. The van der Waals surface area contributed by atoms with Crippen LogP contribution in [0.5, 0.6) is 5.75 Å². The van der Waals surface area contributed by atoms with Gasteiger partial charge in [-0.1, -0.05) is 18.6 Å². The van der Waals surface area contributed by atoms with Crippen molar-refractivity contribution in [2.75, 3.05) is 13.7 Å². The van der Waals surface area contributed by atoms with Gasteiger partial charge in [-0.2, -0.15) is 0 Å². The van der Waals surface area contributed by atoms with E-state index < -0.39 is 5.97 Å². The zero-order valence-electron chi connectivity index (χ0n) is 13.9. The largest absolute Gasteiger partial charge is 0.494 e. The number of hydrogen-bond donors (Lipinski definition) is 2. The van der Waals surface area contributed by atoms with Crippen molar-refractivity contribution in [2.24, 2.45) is 0 Å². The fraction of sp³-hybridized carbons (Fsp3) is 0.375. The van der Waals surface area contributed by atoms with Crippen LogP contribution >= 0.6 is 0 Å². The van der Waals surface area contributed by atoms with Crippen LogP contribution in [0, 0.1) is 0 Å². The second-order valence-electron chi connectivity index (χ2n) is 5.10. The first kappa shape index (κ1) is 17.5. The number of nitrogens with zero attached hydrogens (tertiary/aromatic N) is 3. The molecule has 0 atom stereocenters. The number of benzene rings is 1. The van der Waals surface area contributed by atoms with E-state index in [1.54, 1.807) is 18.2 Å². The number of methoxy groups -OCH3 is 1. The Bertz CT molecular complexity index is 755. The second kappa shape index (κ2) is 7.58. The van der Waals surface area contributed by atoms with Crippen molar-refractivity contribution < 1.29 is 19.4 Å². The van der Waals surface area contributed by atoms with E-state index in [1.165, 1.54) is 11.8 Å². The summed E-state index contributed by atoms with van der Waals surface area (Å²) in [6.45, 7) is 4.30. The Balaban J connectivity index is 2.52. The smallest absolute Gasteiger partial charge is 0.358 e. The van der Waals surface area contributed by atoms with E-state index in [-0.39, 0.29) is 11.6 Å². The van der Waals surface area contributed by atoms with E-state index in [9.17, 15) is 14.7 Å². The Morgan fingerprint density at radius 2 is 2.08 bits per heavy atom. The topological polar surface area (TPSA) is 106 Å². The number of carbonyl (C=O) groups excluding carboxylic acids is 1. The summed E-state index contributed by atoms with van der Waals surface area (Å²) in [7, 11) is 1.48. The average molecular weight is 332 g/mol. The molecule has 1 heterocycles. The molecule has 0 radical (unpaired) electrons. The van der Waals surface area contributed by atoms with Crippen LogP contribution in [0.2, 0.25) is 0 Å². The molecule has 0 saturated heterocycles. The Labute approximate surface area is 139 Å². The van der Waals surface area contributed by atoms with Crippen LogP contribution in [0.25, 0.3) is 5.69 Å². The van der Waals surface area contributed by atoms with Gasteiger partial charge in [0.05, 0.1) is 12.8 Å². The maximum Gasteiger partial charge on any atom is 0.358 e. The first-order valence-electron chi connectivity index (χ1n) is 7.67. The molecule has 8 nitrogen and oxygen atoms in total. The summed E-state index contributed by atoms with van der Waals surface area (Å²) >= 11 is 0. The number of rotatable bonds is 7. The number of hydrogen-bond acceptors (Lipinski definition) is 5. The maximum absolute atomic E-state index is 11.9. The molecule has 2 N–H and O–H groups in total. The standard InChI is InChI=1S/C16H20N4O4/c1-4-6-12-14(16(22)23)18-19-20(12)11-8-7-10(9-13(11)24-3)15(21)17-5-2/h7-9H,4-6H2,1-3H3,(H,17,21)(H,22,23). The van der Waals surface area contributed by atoms with Crippen LogP contribution in [0.3, 0.4) is 0 Å². The summed E-state index contributed by atoms with van der Waals surface area (Å²) in [6, 6.07) is 4.90. The molecule has 1 amide bonds. The molecule has 0 aliphatic rings. The van der Waals surface area contributed by atoms with E-state index in [0.717, 1.165) is 6.42 Å². The van der Waals surface area contributed by atoms with Gasteiger partial charge in [0.2, 0.25) is 0 Å². The number of amides is 1. The molecule has 24 heavy (non-hydrogen) atoms. The molecule has 1 aromatic carbocycles. The number of carboxylic acid groups (broad SMARTS) is 1. The number of ether oxygens (including phenoxy) is 1. The van der Waals surface area contributed by atoms with E-state index in [4.69, 9.17) is 4.74 Å². The predicted molar refractivity (Wildman–Crippen MR) is 86.9 cm³/mol. The number of aromatic nitrogens is 3. The van der Waals surface area contributed by atoms with E-state index in [2.05, 4.69) is 15.6 Å². The molecule has 8 heteroatoms. The van der Waals surface area contributed by atoms with Crippen LogP contribution in [0.4, 0.5) is 0 Å². The first-order valence-corrected chi connectivity index (χ1v) is 7.67. The lowest BCUT2D eigenvalue weighted by Gasteiger charge is -2.12. The Hall–Kier alpha value is -2.90. The Morgan fingerprint density at radius 3 is 2.67 bits per heavy atom. The van der Waals surface area contributed by atoms with Gasteiger partial charge in [0.1, 0.15) is 11.4 Å². The van der Waals surface area contributed by atoms with Crippen LogP contribution in [0.1, 0.15) is 46.8 Å². The highest BCUT2D eigenvalue weighted by molar-refractivity contribution is 5.95. The normalized spacial score (nSPS) is 10.5. The summed E-state index contributed by atoms with van der Waals surface area (Å²) in [4.78, 5) is 23.3. The van der Waals surface area contributed by atoms with E-state index in [1.807, 2.05) is 13.8 Å². The molecule has 2 aromatic rings. The Morgan fingerprint density at radius 1 is 1.33 bits per heavy atom. The van der Waals surface area contributed by atoms with Gasteiger partial charge in [-0.3, -0.25) is 4.79 Å². The summed E-state index contributed by atoms with van der Waals surface area (Å²) in [5.74, 6) is -0.915. The SMILES string of the molecule is CCCc1c(C(=O)O)nnn1-c1ccc(C(=O)NCC)cc1OC. The van der Waals surface area contributed by atoms with Gasteiger partial charge in [0, 0.05) is 12.1 Å². The Kier molecular flexibility index (Phi) is 5.51. The third kappa shape index (κ3) is 3.37. The lowest BCUT2D eigenvalue weighted by molar-refractivity contribution is 0.0688. The molecule has 0 saturated carbocycles. The fourth-order valence-corrected chi connectivity index (χ4v) is 2.38. The minimum absolute atomic E-state index is 0.0771. The molecule has 1 aromatic heterocycles. The van der Waals surface area contributed by atoms with Crippen molar-refractivity contribution in [1.29, 1.82) is 0 Å². The van der Waals surface area contributed by atoms with Crippen molar-refractivity contribution in [1.82, 2.24) is 20.3 Å². The van der Waals surface area contributed by atoms with Crippen LogP contribution < -0.4 is 10.1 Å². The maximum atomic E-state index is 11.9. The van der Waals surface area contributed by atoms with Gasteiger partial charge < -0.3 is 15.2 Å². The van der Waals surface area contributed by atoms with E-state index in [0.29, 0.717) is 35.7 Å².